The van der Waals surface area contributed by atoms with Gasteiger partial charge in [0.1, 0.15) is 0 Å². The van der Waals surface area contributed by atoms with Crippen molar-refractivity contribution < 1.29 is 17.9 Å². The summed E-state index contributed by atoms with van der Waals surface area (Å²) >= 11 is 7.74. The number of carbonyl (C=O) groups is 1. The number of hydrogen-bond donors (Lipinski definition) is 0. The van der Waals surface area contributed by atoms with Crippen LogP contribution in [0.4, 0.5) is 5.13 Å². The van der Waals surface area contributed by atoms with E-state index in [2.05, 4.69) is 4.90 Å². The number of carbonyl (C=O) groups excluding carboxylic acids is 1. The summed E-state index contributed by atoms with van der Waals surface area (Å²) in [6.07, 6.45) is 0.772. The van der Waals surface area contributed by atoms with E-state index >= 15 is 0 Å². The van der Waals surface area contributed by atoms with Gasteiger partial charge in [-0.3, -0.25) is 14.6 Å². The van der Waals surface area contributed by atoms with E-state index in [1.807, 2.05) is 19.1 Å². The van der Waals surface area contributed by atoms with Crippen LogP contribution in [0.2, 0.25) is 5.02 Å². The molecule has 0 N–H and O–H groups in total. The second-order valence-electron chi connectivity index (χ2n) is 8.59. The number of anilines is 1. The minimum absolute atomic E-state index is 0. The van der Waals surface area contributed by atoms with Crippen molar-refractivity contribution in [2.45, 2.75) is 18.2 Å². The summed E-state index contributed by atoms with van der Waals surface area (Å²) < 4.78 is 32.4. The van der Waals surface area contributed by atoms with E-state index in [1.165, 1.54) is 37.6 Å². The summed E-state index contributed by atoms with van der Waals surface area (Å²) in [7, 11) is -0.618. The maximum absolute atomic E-state index is 13.6. The molecule has 0 aliphatic carbocycles. The standard InChI is InChI=1S/C24H29ClN4O4S2.ClH/c1-17-20(25)9-10-21-22(17)26-24(34-21)29(12-4-11-28-13-15-33-16-14-28)23(30)18-5-7-19(8-6-18)35(31,32)27(2)3;/h5-10H,4,11-16H2,1-3H3;1H. The quantitative estimate of drug-likeness (QED) is 0.400. The molecule has 1 aliphatic rings. The van der Waals surface area contributed by atoms with Gasteiger partial charge in [-0.25, -0.2) is 17.7 Å². The Hall–Kier alpha value is -1.79. The van der Waals surface area contributed by atoms with Crippen molar-refractivity contribution in [2.24, 2.45) is 0 Å². The van der Waals surface area contributed by atoms with Crippen molar-refractivity contribution in [1.82, 2.24) is 14.2 Å². The van der Waals surface area contributed by atoms with Crippen LogP contribution in [0.5, 0.6) is 0 Å². The van der Waals surface area contributed by atoms with Crippen LogP contribution in [-0.4, -0.2) is 82.0 Å². The number of sulfonamides is 1. The normalized spacial score (nSPS) is 14.7. The number of halogens is 2. The first-order chi connectivity index (χ1) is 16.7. The molecule has 1 fully saturated rings. The van der Waals surface area contributed by atoms with E-state index in [-0.39, 0.29) is 23.2 Å². The highest BCUT2D eigenvalue weighted by molar-refractivity contribution is 7.89. The van der Waals surface area contributed by atoms with Gasteiger partial charge in [0.2, 0.25) is 10.0 Å². The van der Waals surface area contributed by atoms with E-state index < -0.39 is 10.0 Å². The SMILES string of the molecule is Cc1c(Cl)ccc2sc(N(CCCN3CCOCC3)C(=O)c3ccc(S(=O)(=O)N(C)C)cc3)nc12.Cl. The van der Waals surface area contributed by atoms with E-state index in [0.29, 0.717) is 22.3 Å². The first-order valence-electron chi connectivity index (χ1n) is 11.4. The van der Waals surface area contributed by atoms with Crippen molar-refractivity contribution in [2.75, 3.05) is 58.4 Å². The smallest absolute Gasteiger partial charge is 0.260 e. The molecule has 2 heterocycles. The molecule has 1 amide bonds. The average molecular weight is 574 g/mol. The zero-order valence-electron chi connectivity index (χ0n) is 20.4. The third-order valence-corrected chi connectivity index (χ3v) is 9.33. The fourth-order valence-electron chi connectivity index (χ4n) is 3.90. The molecule has 0 radical (unpaired) electrons. The highest BCUT2D eigenvalue weighted by Crippen LogP contribution is 2.34. The molecule has 1 aromatic heterocycles. The number of nitrogens with zero attached hydrogens (tertiary/aromatic N) is 4. The van der Waals surface area contributed by atoms with Gasteiger partial charge in [-0.1, -0.05) is 22.9 Å². The molecule has 1 aliphatic heterocycles. The van der Waals surface area contributed by atoms with E-state index in [0.717, 1.165) is 59.4 Å². The highest BCUT2D eigenvalue weighted by Gasteiger charge is 2.24. The molecule has 0 atom stereocenters. The lowest BCUT2D eigenvalue weighted by atomic mass is 10.2. The van der Waals surface area contributed by atoms with Crippen LogP contribution in [0.1, 0.15) is 22.3 Å². The van der Waals surface area contributed by atoms with E-state index in [1.54, 1.807) is 17.0 Å². The molecule has 2 aromatic carbocycles. The number of aromatic nitrogens is 1. The number of fused-ring (bicyclic) bond motifs is 1. The molecule has 1 saturated heterocycles. The molecule has 0 saturated carbocycles. The number of hydrogen-bond acceptors (Lipinski definition) is 7. The number of rotatable bonds is 8. The van der Waals surface area contributed by atoms with E-state index in [9.17, 15) is 13.2 Å². The summed E-state index contributed by atoms with van der Waals surface area (Å²) in [5.41, 5.74) is 2.07. The Labute approximate surface area is 227 Å². The third kappa shape index (κ3) is 6.19. The van der Waals surface area contributed by atoms with Gasteiger partial charge in [-0.05, 0) is 55.3 Å². The fraction of sp³-hybridized carbons (Fsp3) is 0.417. The van der Waals surface area contributed by atoms with Crippen LogP contribution in [0.15, 0.2) is 41.3 Å². The number of benzene rings is 2. The second-order valence-corrected chi connectivity index (χ2v) is 12.2. The molecule has 8 nitrogen and oxygen atoms in total. The third-order valence-electron chi connectivity index (χ3n) is 6.05. The Morgan fingerprint density at radius 1 is 1.14 bits per heavy atom. The summed E-state index contributed by atoms with van der Waals surface area (Å²) in [5, 5.41) is 1.24. The van der Waals surface area contributed by atoms with Gasteiger partial charge in [-0.2, -0.15) is 0 Å². The maximum Gasteiger partial charge on any atom is 0.260 e. The number of thiazole rings is 1. The van der Waals surface area contributed by atoms with Gasteiger partial charge < -0.3 is 4.74 Å². The number of ether oxygens (including phenoxy) is 1. The van der Waals surface area contributed by atoms with Crippen LogP contribution in [0, 0.1) is 6.92 Å². The maximum atomic E-state index is 13.6. The molecule has 196 valence electrons. The second kappa shape index (κ2) is 12.2. The van der Waals surface area contributed by atoms with Gasteiger partial charge in [0, 0.05) is 50.9 Å². The zero-order valence-corrected chi connectivity index (χ0v) is 23.6. The molecular weight excluding hydrogens is 543 g/mol. The Morgan fingerprint density at radius 2 is 1.81 bits per heavy atom. The van der Waals surface area contributed by atoms with Crippen LogP contribution < -0.4 is 4.90 Å². The van der Waals surface area contributed by atoms with Crippen molar-refractivity contribution in [3.63, 3.8) is 0 Å². The minimum Gasteiger partial charge on any atom is -0.379 e. The lowest BCUT2D eigenvalue weighted by molar-refractivity contribution is 0.0376. The lowest BCUT2D eigenvalue weighted by Crippen LogP contribution is -2.39. The average Bonchev–Trinajstić information content (AvgIpc) is 3.29. The molecule has 3 aromatic rings. The van der Waals surface area contributed by atoms with Crippen molar-refractivity contribution in [1.29, 1.82) is 0 Å². The molecule has 0 bridgehead atoms. The summed E-state index contributed by atoms with van der Waals surface area (Å²) in [4.78, 5) is 22.6. The first-order valence-corrected chi connectivity index (χ1v) is 14.0. The molecule has 36 heavy (non-hydrogen) atoms. The Kier molecular flexibility index (Phi) is 9.73. The first kappa shape index (κ1) is 28.8. The fourth-order valence-corrected chi connectivity index (χ4v) is 6.01. The lowest BCUT2D eigenvalue weighted by Gasteiger charge is -2.27. The van der Waals surface area contributed by atoms with Gasteiger partial charge in [0.25, 0.3) is 5.91 Å². The predicted molar refractivity (Wildman–Crippen MR) is 147 cm³/mol. The Morgan fingerprint density at radius 3 is 2.44 bits per heavy atom. The number of morpholine rings is 1. The van der Waals surface area contributed by atoms with Gasteiger partial charge in [0.15, 0.2) is 5.13 Å². The Balaban J connectivity index is 0.00000361. The van der Waals surface area contributed by atoms with Gasteiger partial charge >= 0.3 is 0 Å². The Bertz CT molecular complexity index is 1310. The van der Waals surface area contributed by atoms with Crippen LogP contribution in [-0.2, 0) is 14.8 Å². The van der Waals surface area contributed by atoms with Crippen molar-refractivity contribution in [3.8, 4) is 0 Å². The predicted octanol–water partition coefficient (Wildman–Crippen LogP) is 4.30. The summed E-state index contributed by atoms with van der Waals surface area (Å²) in [6.45, 7) is 6.47. The number of aryl methyl sites for hydroxylation is 1. The zero-order chi connectivity index (χ0) is 25.2. The van der Waals surface area contributed by atoms with Crippen LogP contribution >= 0.6 is 35.3 Å². The molecular formula is C24H30Cl2N4O4S2. The highest BCUT2D eigenvalue weighted by atomic mass is 35.5. The minimum atomic E-state index is -3.57. The van der Waals surface area contributed by atoms with Crippen molar-refractivity contribution >= 4 is 66.6 Å². The van der Waals surface area contributed by atoms with Crippen LogP contribution in [0.25, 0.3) is 10.2 Å². The summed E-state index contributed by atoms with van der Waals surface area (Å²) in [5.74, 6) is -0.219. The van der Waals surface area contributed by atoms with Crippen molar-refractivity contribution in [3.05, 3.63) is 52.5 Å². The monoisotopic (exact) mass is 572 g/mol. The topological polar surface area (TPSA) is 83.0 Å². The molecule has 0 spiro atoms. The van der Waals surface area contributed by atoms with Gasteiger partial charge in [-0.15, -0.1) is 12.4 Å². The van der Waals surface area contributed by atoms with Gasteiger partial charge in [0.05, 0.1) is 28.3 Å². The molecule has 4 rings (SSSR count). The molecule has 12 heteroatoms. The molecule has 0 unspecified atom stereocenters. The van der Waals surface area contributed by atoms with Crippen LogP contribution in [0.3, 0.4) is 0 Å². The van der Waals surface area contributed by atoms with E-state index in [4.69, 9.17) is 21.3 Å². The largest absolute Gasteiger partial charge is 0.379 e. The number of amides is 1. The summed E-state index contributed by atoms with van der Waals surface area (Å²) in [6, 6.07) is 9.82.